The van der Waals surface area contributed by atoms with Crippen molar-refractivity contribution in [3.8, 4) is 0 Å². The number of benzene rings is 2. The largest absolute Gasteiger partial charge is 2.00 e. The quantitative estimate of drug-likeness (QED) is 0.197. The van der Waals surface area contributed by atoms with Crippen molar-refractivity contribution >= 4 is 20.9 Å². The van der Waals surface area contributed by atoms with Crippen molar-refractivity contribution in [2.75, 3.05) is 0 Å². The monoisotopic (exact) mass is 624 g/mol. The van der Waals surface area contributed by atoms with E-state index < -0.39 is 15.6 Å². The van der Waals surface area contributed by atoms with E-state index in [1.807, 2.05) is 0 Å². The Morgan fingerprint density at radius 2 is 1.19 bits per heavy atom. The molecule has 4 rings (SSSR count). The zero-order chi connectivity index (χ0) is 27.3. The Balaban J connectivity index is 0.000000308. The summed E-state index contributed by atoms with van der Waals surface area (Å²) in [4.78, 5) is 0. The molecule has 37 heavy (non-hydrogen) atoms. The van der Waals surface area contributed by atoms with Crippen LogP contribution in [-0.2, 0) is 48.9 Å². The predicted molar refractivity (Wildman–Crippen MR) is 140 cm³/mol. The summed E-state index contributed by atoms with van der Waals surface area (Å²) in [6.45, 7) is 13.3. The average Bonchev–Trinajstić information content (AvgIpc) is 2.98. The van der Waals surface area contributed by atoms with Crippen molar-refractivity contribution in [3.05, 3.63) is 76.6 Å². The van der Waals surface area contributed by atoms with E-state index >= 15 is 0 Å². The van der Waals surface area contributed by atoms with Gasteiger partial charge in [0.15, 0.2) is 10.1 Å². The molecule has 0 N–H and O–H groups in total. The molecule has 0 amide bonds. The third-order valence-electron chi connectivity index (χ3n) is 7.28. The van der Waals surface area contributed by atoms with Gasteiger partial charge in [-0.3, -0.25) is 0 Å². The first-order valence-electron chi connectivity index (χ1n) is 12.4. The fraction of sp³-hybridized carbons (Fsp3) is 0.483. The van der Waals surface area contributed by atoms with Gasteiger partial charge in [0.1, 0.15) is 0 Å². The third-order valence-corrected chi connectivity index (χ3v) is 7.85. The topological polar surface area (TPSA) is 57.2 Å². The summed E-state index contributed by atoms with van der Waals surface area (Å²) in [7, 11) is -6.09. The summed E-state index contributed by atoms with van der Waals surface area (Å²) in [5.74, 6) is 7.34. The molecule has 2 aliphatic rings. The van der Waals surface area contributed by atoms with Crippen molar-refractivity contribution in [2.45, 2.75) is 92.0 Å². The minimum atomic E-state index is -6.09. The summed E-state index contributed by atoms with van der Waals surface area (Å²) in [5, 5.41) is 2.88. The molecule has 0 heterocycles. The number of halogens is 3. The van der Waals surface area contributed by atoms with Gasteiger partial charge < -0.3 is 4.55 Å². The van der Waals surface area contributed by atoms with E-state index in [0.29, 0.717) is 0 Å². The molecule has 0 aliphatic heterocycles. The number of fused-ring (bicyclic) bond motifs is 2. The van der Waals surface area contributed by atoms with E-state index in [9.17, 15) is 13.2 Å². The van der Waals surface area contributed by atoms with Crippen molar-refractivity contribution in [3.63, 3.8) is 0 Å². The standard InChI is InChI=1S/C18H22.C10H15.CHF3O3S.Ru/c1-2-3-6-14-9-10-17-12-15-7-4-5-8-16(15)13-18(17)11-14;1-6-7(2)9(4)10(5)8(6)3;2-1(3,4)8(5,6)7;/h9-13H,2-8H2,1H3;1-5H3;(H,5,6,7);/q;;;+2/p-1. The second-order valence-electron chi connectivity index (χ2n) is 9.64. The van der Waals surface area contributed by atoms with E-state index in [2.05, 4.69) is 71.9 Å². The number of hydrogen-bond acceptors (Lipinski definition) is 3. The molecule has 2 aliphatic carbocycles. The Kier molecular flexibility index (Phi) is 13.3. The molecule has 0 spiro atoms. The molecule has 1 fully saturated rings. The van der Waals surface area contributed by atoms with Crippen molar-refractivity contribution < 1.29 is 45.6 Å². The predicted octanol–water partition coefficient (Wildman–Crippen LogP) is 8.08. The molecule has 0 saturated heterocycles. The molecule has 8 heteroatoms. The summed E-state index contributed by atoms with van der Waals surface area (Å²) in [5.41, 5.74) is -0.955. The molecule has 0 bridgehead atoms. The van der Waals surface area contributed by atoms with Gasteiger partial charge in [-0.25, -0.2) is 8.42 Å². The second kappa shape index (κ2) is 14.4. The summed E-state index contributed by atoms with van der Waals surface area (Å²) < 4.78 is 58.9. The molecule has 5 radical (unpaired) electrons. The number of hydrogen-bond donors (Lipinski definition) is 0. The smallest absolute Gasteiger partial charge is 0.741 e. The van der Waals surface area contributed by atoms with Crippen LogP contribution in [0.15, 0.2) is 30.3 Å². The van der Waals surface area contributed by atoms with E-state index in [4.69, 9.17) is 13.0 Å². The van der Waals surface area contributed by atoms with Gasteiger partial charge in [0.05, 0.1) is 0 Å². The van der Waals surface area contributed by atoms with Gasteiger partial charge in [0, 0.05) is 0 Å². The van der Waals surface area contributed by atoms with Crippen LogP contribution >= 0.6 is 0 Å². The summed E-state index contributed by atoms with van der Waals surface area (Å²) in [6.07, 6.45) is 9.11. The van der Waals surface area contributed by atoms with Gasteiger partial charge in [0.25, 0.3) is 0 Å². The first-order valence-corrected chi connectivity index (χ1v) is 13.8. The molecule has 205 valence electrons. The fourth-order valence-corrected chi connectivity index (χ4v) is 4.48. The summed E-state index contributed by atoms with van der Waals surface area (Å²) >= 11 is 0. The maximum absolute atomic E-state index is 10.7. The van der Waals surface area contributed by atoms with Crippen LogP contribution in [0, 0.1) is 29.6 Å². The van der Waals surface area contributed by atoms with Crippen LogP contribution < -0.4 is 0 Å². The molecule has 0 atom stereocenters. The van der Waals surface area contributed by atoms with Crippen molar-refractivity contribution in [1.82, 2.24) is 0 Å². The van der Waals surface area contributed by atoms with Gasteiger partial charge in [0.2, 0.25) is 0 Å². The number of unbranched alkanes of at least 4 members (excludes halogenated alkanes) is 1. The molecular formula is C29H37F3O3RuS+. The van der Waals surface area contributed by atoms with Crippen molar-refractivity contribution in [1.29, 1.82) is 0 Å². The fourth-order valence-electron chi connectivity index (χ4n) is 4.48. The Labute approximate surface area is 234 Å². The minimum Gasteiger partial charge on any atom is -0.741 e. The molecule has 1 saturated carbocycles. The van der Waals surface area contributed by atoms with Crippen molar-refractivity contribution in [2.24, 2.45) is 0 Å². The van der Waals surface area contributed by atoms with Crippen LogP contribution in [0.2, 0.25) is 0 Å². The average molecular weight is 624 g/mol. The van der Waals surface area contributed by atoms with Gasteiger partial charge in [-0.05, 0) is 95.6 Å². The molecule has 2 aromatic carbocycles. The van der Waals surface area contributed by atoms with Crippen LogP contribution in [-0.4, -0.2) is 18.5 Å². The third kappa shape index (κ3) is 9.32. The number of alkyl halides is 3. The second-order valence-corrected chi connectivity index (χ2v) is 11.0. The van der Waals surface area contributed by atoms with E-state index in [-0.39, 0.29) is 19.5 Å². The Bertz CT molecular complexity index is 1060. The molecule has 2 aromatic rings. The Morgan fingerprint density at radius 3 is 1.57 bits per heavy atom. The van der Waals surface area contributed by atoms with Crippen LogP contribution in [0.1, 0.15) is 83.9 Å². The maximum atomic E-state index is 10.7. The van der Waals surface area contributed by atoms with Gasteiger partial charge >= 0.3 is 25.0 Å². The maximum Gasteiger partial charge on any atom is 2.00 e. The molecule has 3 nitrogen and oxygen atoms in total. The molecule has 0 aromatic heterocycles. The minimum absolute atomic E-state index is 0. The Hall–Kier alpha value is -0.977. The van der Waals surface area contributed by atoms with E-state index in [1.165, 1.54) is 90.9 Å². The summed E-state index contributed by atoms with van der Waals surface area (Å²) in [6, 6.07) is 11.9. The first kappa shape index (κ1) is 34.1. The van der Waals surface area contributed by atoms with Crippen LogP contribution in [0.5, 0.6) is 0 Å². The van der Waals surface area contributed by atoms with E-state index in [0.717, 1.165) is 0 Å². The SMILES string of the molecule is CCCCc1ccc2cc3c(cc2c1)CCCC3.C[C]1[C](C)[C](C)[C](C)[C]1C.O=S(=O)([O-])C(F)(F)F.[Ru+2]. The van der Waals surface area contributed by atoms with E-state index in [1.54, 1.807) is 11.1 Å². The van der Waals surface area contributed by atoms with Crippen LogP contribution in [0.3, 0.4) is 0 Å². The number of rotatable bonds is 3. The van der Waals surface area contributed by atoms with Crippen LogP contribution in [0.4, 0.5) is 13.2 Å². The zero-order valence-electron chi connectivity index (χ0n) is 22.5. The normalized spacial score (nSPS) is 17.9. The molecular weight excluding hydrogens is 586 g/mol. The zero-order valence-corrected chi connectivity index (χ0v) is 25.0. The van der Waals surface area contributed by atoms with Gasteiger partial charge in [-0.2, -0.15) is 13.2 Å². The van der Waals surface area contributed by atoms with Gasteiger partial charge in [-0.15, -0.1) is 0 Å². The van der Waals surface area contributed by atoms with Crippen LogP contribution in [0.25, 0.3) is 10.8 Å². The Morgan fingerprint density at radius 1 is 0.784 bits per heavy atom. The number of aryl methyl sites for hydroxylation is 3. The first-order chi connectivity index (χ1) is 16.7. The molecule has 0 unspecified atom stereocenters. The van der Waals surface area contributed by atoms with Gasteiger partial charge in [-0.1, -0.05) is 78.3 Å².